The summed E-state index contributed by atoms with van der Waals surface area (Å²) in [6.07, 6.45) is 7.99. The van der Waals surface area contributed by atoms with Crippen molar-refractivity contribution in [2.75, 3.05) is 6.26 Å². The van der Waals surface area contributed by atoms with Gasteiger partial charge in [0.1, 0.15) is 6.10 Å². The van der Waals surface area contributed by atoms with Crippen LogP contribution in [0.3, 0.4) is 0 Å². The van der Waals surface area contributed by atoms with Crippen LogP contribution in [0.15, 0.2) is 12.2 Å². The number of esters is 1. The fourth-order valence-electron chi connectivity index (χ4n) is 2.66. The summed E-state index contributed by atoms with van der Waals surface area (Å²) >= 11 is 0. The molecule has 2 atom stereocenters. The Morgan fingerprint density at radius 3 is 2.74 bits per heavy atom. The first kappa shape index (κ1) is 14.5. The summed E-state index contributed by atoms with van der Waals surface area (Å²) in [7, 11) is -3.40. The Hall–Kier alpha value is -0.880. The lowest BCUT2D eigenvalue weighted by molar-refractivity contribution is -0.144. The molecule has 1 fully saturated rings. The normalized spacial score (nSPS) is 26.8. The van der Waals surface area contributed by atoms with Crippen molar-refractivity contribution in [1.82, 2.24) is 0 Å². The van der Waals surface area contributed by atoms with Gasteiger partial charge in [0.05, 0.1) is 11.9 Å². The molecule has 19 heavy (non-hydrogen) atoms. The van der Waals surface area contributed by atoms with Gasteiger partial charge < -0.3 is 4.74 Å². The largest absolute Gasteiger partial charge is 0.459 e. The van der Waals surface area contributed by atoms with E-state index < -0.39 is 15.7 Å². The van der Waals surface area contributed by atoms with Gasteiger partial charge in [-0.1, -0.05) is 13.0 Å². The van der Waals surface area contributed by atoms with Crippen LogP contribution in [0.25, 0.3) is 0 Å². The van der Waals surface area contributed by atoms with Gasteiger partial charge >= 0.3 is 5.97 Å². The third kappa shape index (κ3) is 4.62. The van der Waals surface area contributed by atoms with E-state index in [1.807, 2.05) is 13.0 Å². The number of hydrogen-bond acceptors (Lipinski definition) is 5. The molecule has 1 heterocycles. The van der Waals surface area contributed by atoms with E-state index in [-0.39, 0.29) is 18.0 Å². The van der Waals surface area contributed by atoms with E-state index in [1.54, 1.807) is 0 Å². The molecule has 0 saturated heterocycles. The highest BCUT2D eigenvalue weighted by molar-refractivity contribution is 7.86. The number of cyclic esters (lactones) is 1. The molecular weight excluding hydrogens is 268 g/mol. The molecule has 0 bridgehead atoms. The molecule has 108 valence electrons. The Morgan fingerprint density at radius 2 is 2.21 bits per heavy atom. The highest BCUT2D eigenvalue weighted by atomic mass is 32.2. The Balaban J connectivity index is 1.83. The zero-order valence-electron chi connectivity index (χ0n) is 11.3. The second-order valence-electron chi connectivity index (χ2n) is 5.71. The topological polar surface area (TPSA) is 69.7 Å². The molecule has 0 amide bonds. The lowest BCUT2D eigenvalue weighted by Crippen LogP contribution is -2.26. The minimum absolute atomic E-state index is 0.0958. The van der Waals surface area contributed by atoms with Gasteiger partial charge in [-0.3, -0.25) is 4.18 Å². The van der Waals surface area contributed by atoms with Crippen LogP contribution in [-0.2, 0) is 23.8 Å². The van der Waals surface area contributed by atoms with Gasteiger partial charge in [0.2, 0.25) is 0 Å². The minimum atomic E-state index is -3.40. The van der Waals surface area contributed by atoms with Crippen LogP contribution in [-0.4, -0.2) is 32.3 Å². The summed E-state index contributed by atoms with van der Waals surface area (Å²) in [6, 6.07) is 0. The van der Waals surface area contributed by atoms with Crippen molar-refractivity contribution in [2.24, 2.45) is 5.92 Å². The van der Waals surface area contributed by atoms with E-state index >= 15 is 0 Å². The quantitative estimate of drug-likeness (QED) is 0.550. The zero-order chi connectivity index (χ0) is 14.1. The molecule has 0 spiro atoms. The molecule has 1 saturated carbocycles. The van der Waals surface area contributed by atoms with Gasteiger partial charge in [-0.25, -0.2) is 4.79 Å². The lowest BCUT2D eigenvalue weighted by Gasteiger charge is -2.24. The van der Waals surface area contributed by atoms with Crippen molar-refractivity contribution in [3.05, 3.63) is 12.2 Å². The number of carbonyl (C=O) groups is 1. The fraction of sp³-hybridized carbons (Fsp3) is 0.769. The molecular formula is C13H20O5S. The van der Waals surface area contributed by atoms with E-state index in [0.29, 0.717) is 6.42 Å². The van der Waals surface area contributed by atoms with Gasteiger partial charge in [0, 0.05) is 12.5 Å². The van der Waals surface area contributed by atoms with Gasteiger partial charge in [0.25, 0.3) is 10.1 Å². The summed E-state index contributed by atoms with van der Waals surface area (Å²) in [5, 5.41) is 0. The summed E-state index contributed by atoms with van der Waals surface area (Å²) in [5.41, 5.74) is -0.498. The average Bonchev–Trinajstić information content (AvgIpc) is 2.93. The number of hydrogen-bond donors (Lipinski definition) is 0. The minimum Gasteiger partial charge on any atom is -0.459 e. The second-order valence-corrected chi connectivity index (χ2v) is 7.29. The first-order chi connectivity index (χ1) is 8.78. The highest BCUT2D eigenvalue weighted by Gasteiger charge is 2.48. The molecule has 0 unspecified atom stereocenters. The van der Waals surface area contributed by atoms with E-state index in [0.717, 1.165) is 31.9 Å². The fourth-order valence-corrected chi connectivity index (χ4v) is 3.54. The number of carbonyl (C=O) groups excluding carboxylic acids is 1. The molecule has 0 radical (unpaired) electrons. The molecule has 5 nitrogen and oxygen atoms in total. The summed E-state index contributed by atoms with van der Waals surface area (Å²) in [6.45, 7) is 2.04. The molecule has 0 N–H and O–H groups in total. The number of rotatable bonds is 6. The summed E-state index contributed by atoms with van der Waals surface area (Å²) in [4.78, 5) is 11.1. The molecule has 1 aliphatic heterocycles. The molecule has 0 aromatic carbocycles. The Kier molecular flexibility index (Phi) is 4.01. The molecule has 0 aromatic heterocycles. The van der Waals surface area contributed by atoms with E-state index in [1.165, 1.54) is 6.08 Å². The SMILES string of the molecule is C[C@H](C[C@@H]1CC=CC(=O)O1)CC1(OS(C)(=O)=O)CC1. The lowest BCUT2D eigenvalue weighted by atomic mass is 9.94. The molecule has 1 aliphatic carbocycles. The van der Waals surface area contributed by atoms with E-state index in [4.69, 9.17) is 8.92 Å². The first-order valence-corrected chi connectivity index (χ1v) is 8.37. The highest BCUT2D eigenvalue weighted by Crippen LogP contribution is 2.46. The van der Waals surface area contributed by atoms with Crippen molar-refractivity contribution >= 4 is 16.1 Å². The van der Waals surface area contributed by atoms with Crippen LogP contribution in [0.1, 0.15) is 39.0 Å². The van der Waals surface area contributed by atoms with Crippen molar-refractivity contribution < 1.29 is 22.1 Å². The van der Waals surface area contributed by atoms with Crippen molar-refractivity contribution in [1.29, 1.82) is 0 Å². The summed E-state index contributed by atoms with van der Waals surface area (Å²) < 4.78 is 32.8. The monoisotopic (exact) mass is 288 g/mol. The molecule has 6 heteroatoms. The van der Waals surface area contributed by atoms with Crippen molar-refractivity contribution in [3.63, 3.8) is 0 Å². The predicted molar refractivity (Wildman–Crippen MR) is 69.9 cm³/mol. The zero-order valence-corrected chi connectivity index (χ0v) is 12.1. The average molecular weight is 288 g/mol. The standard InChI is InChI=1S/C13H20O5S/c1-10(8-11-4-3-5-12(14)17-11)9-13(6-7-13)18-19(2,15)16/h3,5,10-11H,4,6-9H2,1-2H3/t10-,11+/m1/s1. The third-order valence-electron chi connectivity index (χ3n) is 3.46. The molecule has 2 aliphatic rings. The van der Waals surface area contributed by atoms with E-state index in [9.17, 15) is 13.2 Å². The van der Waals surface area contributed by atoms with Crippen LogP contribution >= 0.6 is 0 Å². The predicted octanol–water partition coefficient (Wildman–Crippen LogP) is 1.78. The molecule has 2 rings (SSSR count). The van der Waals surface area contributed by atoms with Gasteiger partial charge in [-0.15, -0.1) is 0 Å². The van der Waals surface area contributed by atoms with Crippen LogP contribution in [0.2, 0.25) is 0 Å². The van der Waals surface area contributed by atoms with E-state index in [2.05, 4.69) is 0 Å². The Morgan fingerprint density at radius 1 is 1.53 bits per heavy atom. The van der Waals surface area contributed by atoms with Gasteiger partial charge in [0.15, 0.2) is 0 Å². The smallest absolute Gasteiger partial charge is 0.330 e. The maximum atomic E-state index is 11.2. The first-order valence-electron chi connectivity index (χ1n) is 6.56. The Bertz CT molecular complexity index is 475. The Labute approximate surface area is 114 Å². The van der Waals surface area contributed by atoms with Gasteiger partial charge in [-0.2, -0.15) is 8.42 Å². The summed E-state index contributed by atoms with van der Waals surface area (Å²) in [5.74, 6) is -0.0366. The second kappa shape index (κ2) is 5.25. The molecule has 0 aromatic rings. The van der Waals surface area contributed by atoms with Crippen LogP contribution < -0.4 is 0 Å². The maximum absolute atomic E-state index is 11.2. The van der Waals surface area contributed by atoms with Crippen LogP contribution in [0, 0.1) is 5.92 Å². The van der Waals surface area contributed by atoms with Crippen LogP contribution in [0.4, 0.5) is 0 Å². The van der Waals surface area contributed by atoms with Gasteiger partial charge in [-0.05, 0) is 31.6 Å². The number of ether oxygens (including phenoxy) is 1. The van der Waals surface area contributed by atoms with Crippen LogP contribution in [0.5, 0.6) is 0 Å². The maximum Gasteiger partial charge on any atom is 0.330 e. The van der Waals surface area contributed by atoms with Crippen molar-refractivity contribution in [3.8, 4) is 0 Å². The third-order valence-corrected chi connectivity index (χ3v) is 4.11. The van der Waals surface area contributed by atoms with Crippen molar-refractivity contribution in [2.45, 2.75) is 50.7 Å².